The van der Waals surface area contributed by atoms with E-state index in [2.05, 4.69) is 15.6 Å². The quantitative estimate of drug-likeness (QED) is 0.714. The van der Waals surface area contributed by atoms with E-state index in [0.717, 1.165) is 0 Å². The molecule has 2 aromatic rings. The first-order valence-electron chi connectivity index (χ1n) is 8.84. The molecule has 3 rings (SSSR count). The Bertz CT molecular complexity index is 1060. The molecule has 0 bridgehead atoms. The van der Waals surface area contributed by atoms with Crippen LogP contribution in [0, 0.1) is 5.92 Å². The number of amides is 2. The van der Waals surface area contributed by atoms with Gasteiger partial charge in [-0.25, -0.2) is 4.98 Å². The van der Waals surface area contributed by atoms with Crippen LogP contribution in [0.5, 0.6) is 0 Å². The SMILES string of the molecule is CN1CCC(C(=O)Nc2ccccc2C(=O)Nc2ccc(Cl)cn2)CC1=S(=O)=O. The molecule has 1 aliphatic rings. The number of hydrogen-bond donors (Lipinski definition) is 2. The molecule has 1 atom stereocenters. The molecule has 0 spiro atoms. The Kier molecular flexibility index (Phi) is 6.63. The van der Waals surface area contributed by atoms with E-state index in [4.69, 9.17) is 11.6 Å². The molecule has 2 N–H and O–H groups in total. The molecule has 1 unspecified atom stereocenters. The molecule has 1 aliphatic heterocycles. The van der Waals surface area contributed by atoms with Crippen molar-refractivity contribution < 1.29 is 18.0 Å². The van der Waals surface area contributed by atoms with Gasteiger partial charge in [-0.15, -0.1) is 0 Å². The number of rotatable bonds is 4. The lowest BCUT2D eigenvalue weighted by atomic mass is 9.96. The Hall–Kier alpha value is -2.75. The highest BCUT2D eigenvalue weighted by molar-refractivity contribution is 7.72. The first-order valence-corrected chi connectivity index (χ1v) is 10.3. The molecule has 0 saturated carbocycles. The Morgan fingerprint density at radius 3 is 2.62 bits per heavy atom. The molecule has 29 heavy (non-hydrogen) atoms. The predicted octanol–water partition coefficient (Wildman–Crippen LogP) is 2.28. The summed E-state index contributed by atoms with van der Waals surface area (Å²) < 4.78 is 22.7. The summed E-state index contributed by atoms with van der Waals surface area (Å²) in [6.45, 7) is 0.464. The topological polar surface area (TPSA) is 108 Å². The number of piperidine rings is 1. The van der Waals surface area contributed by atoms with Gasteiger partial charge in [0.15, 0.2) is 0 Å². The maximum Gasteiger partial charge on any atom is 0.258 e. The number of benzene rings is 1. The average molecular weight is 435 g/mol. The molecule has 2 amide bonds. The minimum atomic E-state index is -2.37. The lowest BCUT2D eigenvalue weighted by Gasteiger charge is -2.28. The van der Waals surface area contributed by atoms with Gasteiger partial charge in [0.1, 0.15) is 10.8 Å². The summed E-state index contributed by atoms with van der Waals surface area (Å²) in [7, 11) is -0.686. The van der Waals surface area contributed by atoms with Gasteiger partial charge in [-0.3, -0.25) is 14.5 Å². The van der Waals surface area contributed by atoms with Crippen molar-refractivity contribution in [2.24, 2.45) is 5.92 Å². The number of pyridine rings is 1. The average Bonchev–Trinajstić information content (AvgIpc) is 2.70. The number of carbonyl (C=O) groups is 2. The number of anilines is 2. The van der Waals surface area contributed by atoms with Crippen molar-refractivity contribution >= 4 is 50.2 Å². The Morgan fingerprint density at radius 1 is 1.17 bits per heavy atom. The van der Waals surface area contributed by atoms with Gasteiger partial charge in [-0.05, 0) is 37.7 Å². The van der Waals surface area contributed by atoms with Crippen LogP contribution < -0.4 is 10.6 Å². The summed E-state index contributed by atoms with van der Waals surface area (Å²) in [5, 5.41) is 5.86. The van der Waals surface area contributed by atoms with Crippen LogP contribution in [0.3, 0.4) is 0 Å². The van der Waals surface area contributed by atoms with Gasteiger partial charge < -0.3 is 10.6 Å². The van der Waals surface area contributed by atoms with Crippen LogP contribution >= 0.6 is 11.6 Å². The lowest BCUT2D eigenvalue weighted by Crippen LogP contribution is -2.40. The standard InChI is InChI=1S/C19H19ClN4O4S/c1-24-9-8-12(10-17(24)29(27)28)18(25)22-15-5-3-2-4-14(15)19(26)23-16-7-6-13(20)11-21-16/h2-7,11-12H,8-10H2,1H3,(H,22,25)(H,21,23,26). The number of nitrogens with zero attached hydrogens (tertiary/aromatic N) is 2. The van der Waals surface area contributed by atoms with Crippen LogP contribution in [-0.4, -0.2) is 48.7 Å². The van der Waals surface area contributed by atoms with Crippen LogP contribution in [0.4, 0.5) is 11.5 Å². The zero-order valence-corrected chi connectivity index (χ0v) is 17.1. The normalized spacial score (nSPS) is 16.9. The van der Waals surface area contributed by atoms with Gasteiger partial charge in [0.2, 0.25) is 16.2 Å². The van der Waals surface area contributed by atoms with Gasteiger partial charge in [0.05, 0.1) is 16.3 Å². The van der Waals surface area contributed by atoms with Crippen LogP contribution in [0.15, 0.2) is 42.6 Å². The molecule has 1 fully saturated rings. The zero-order valence-electron chi connectivity index (χ0n) is 15.6. The number of likely N-dealkylation sites (tertiary alicyclic amines) is 1. The van der Waals surface area contributed by atoms with E-state index < -0.39 is 22.1 Å². The largest absolute Gasteiger partial charge is 0.325 e. The second-order valence-electron chi connectivity index (χ2n) is 6.59. The third-order valence-electron chi connectivity index (χ3n) is 4.62. The van der Waals surface area contributed by atoms with E-state index in [1.807, 2.05) is 0 Å². The van der Waals surface area contributed by atoms with Crippen molar-refractivity contribution in [2.45, 2.75) is 12.8 Å². The van der Waals surface area contributed by atoms with Crippen LogP contribution in [0.2, 0.25) is 5.02 Å². The summed E-state index contributed by atoms with van der Waals surface area (Å²) in [4.78, 5) is 31.2. The number of hydrogen-bond acceptors (Lipinski definition) is 5. The molecule has 2 heterocycles. The molecule has 0 radical (unpaired) electrons. The number of para-hydroxylation sites is 1. The van der Waals surface area contributed by atoms with Gasteiger partial charge in [0.25, 0.3) is 5.91 Å². The molecule has 10 heteroatoms. The third kappa shape index (κ3) is 5.20. The van der Waals surface area contributed by atoms with Gasteiger partial charge >= 0.3 is 0 Å². The van der Waals surface area contributed by atoms with Crippen LogP contribution in [-0.2, 0) is 15.1 Å². The van der Waals surface area contributed by atoms with Crippen molar-refractivity contribution in [2.75, 3.05) is 24.2 Å². The number of carbonyl (C=O) groups excluding carboxylic acids is 2. The molecule has 152 valence electrons. The fourth-order valence-corrected chi connectivity index (χ4v) is 3.82. The third-order valence-corrected chi connectivity index (χ3v) is 5.71. The lowest BCUT2D eigenvalue weighted by molar-refractivity contribution is -0.120. The number of aromatic nitrogens is 1. The van der Waals surface area contributed by atoms with Crippen molar-refractivity contribution in [3.05, 3.63) is 53.2 Å². The van der Waals surface area contributed by atoms with Crippen LogP contribution in [0.25, 0.3) is 0 Å². The van der Waals surface area contributed by atoms with E-state index >= 15 is 0 Å². The summed E-state index contributed by atoms with van der Waals surface area (Å²) in [5.41, 5.74) is 0.606. The van der Waals surface area contributed by atoms with E-state index in [9.17, 15) is 18.0 Å². The number of halogens is 1. The first kappa shape index (κ1) is 21.0. The van der Waals surface area contributed by atoms with Crippen molar-refractivity contribution in [3.63, 3.8) is 0 Å². The molecule has 1 aromatic carbocycles. The van der Waals surface area contributed by atoms with Gasteiger partial charge in [0, 0.05) is 25.1 Å². The fraction of sp³-hybridized carbons (Fsp3) is 0.263. The highest BCUT2D eigenvalue weighted by Crippen LogP contribution is 2.22. The summed E-state index contributed by atoms with van der Waals surface area (Å²) in [6, 6.07) is 9.76. The Balaban J connectivity index is 1.75. The van der Waals surface area contributed by atoms with Gasteiger partial charge in [-0.2, -0.15) is 8.42 Å². The van der Waals surface area contributed by atoms with E-state index in [-0.39, 0.29) is 22.9 Å². The molecular formula is C19H19ClN4O4S. The highest BCUT2D eigenvalue weighted by atomic mass is 35.5. The fourth-order valence-electron chi connectivity index (χ4n) is 3.02. The second kappa shape index (κ2) is 9.17. The monoisotopic (exact) mass is 434 g/mol. The first-order chi connectivity index (χ1) is 13.8. The molecule has 8 nitrogen and oxygen atoms in total. The minimum absolute atomic E-state index is 0.126. The van der Waals surface area contributed by atoms with E-state index in [0.29, 0.717) is 29.5 Å². The van der Waals surface area contributed by atoms with Gasteiger partial charge in [-0.1, -0.05) is 23.7 Å². The Morgan fingerprint density at radius 2 is 1.93 bits per heavy atom. The maximum absolute atomic E-state index is 12.7. The summed E-state index contributed by atoms with van der Waals surface area (Å²) in [5.74, 6) is -0.931. The smallest absolute Gasteiger partial charge is 0.258 e. The zero-order chi connectivity index (χ0) is 21.0. The predicted molar refractivity (Wildman–Crippen MR) is 112 cm³/mol. The van der Waals surface area contributed by atoms with E-state index in [1.54, 1.807) is 48.3 Å². The van der Waals surface area contributed by atoms with Crippen molar-refractivity contribution in [1.29, 1.82) is 0 Å². The molecule has 1 aromatic heterocycles. The maximum atomic E-state index is 12.7. The summed E-state index contributed by atoms with van der Waals surface area (Å²) >= 11 is 5.79. The van der Waals surface area contributed by atoms with Crippen molar-refractivity contribution in [1.82, 2.24) is 9.88 Å². The molecule has 0 aliphatic carbocycles. The Labute approximate surface area is 174 Å². The highest BCUT2D eigenvalue weighted by Gasteiger charge is 2.29. The molecular weight excluding hydrogens is 416 g/mol. The molecule has 1 saturated heterocycles. The second-order valence-corrected chi connectivity index (χ2v) is 7.97. The summed E-state index contributed by atoms with van der Waals surface area (Å²) in [6.07, 6.45) is 2.06. The minimum Gasteiger partial charge on any atom is -0.325 e. The number of nitrogens with one attached hydrogen (secondary N) is 2. The van der Waals surface area contributed by atoms with E-state index in [1.165, 1.54) is 6.20 Å². The van der Waals surface area contributed by atoms with Crippen LogP contribution in [0.1, 0.15) is 23.2 Å². The van der Waals surface area contributed by atoms with Crippen molar-refractivity contribution in [3.8, 4) is 0 Å².